The van der Waals surface area contributed by atoms with Gasteiger partial charge in [0.15, 0.2) is 5.54 Å². The SMILES string of the molecule is CC(C)(F)C[C@@](C(=O)O)([C@@H](Cc1ccc(C(F)(F)F)nc1)C(=O)OCc1ccccc1)N(C=C=O)OC(C)(C)C. The number of nitrogens with zero attached hydrogens (tertiary/aromatic N) is 2. The van der Waals surface area contributed by atoms with Crippen molar-refractivity contribution in [1.82, 2.24) is 10.0 Å². The van der Waals surface area contributed by atoms with Crippen LogP contribution in [-0.4, -0.2) is 49.8 Å². The van der Waals surface area contributed by atoms with Crippen molar-refractivity contribution in [3.63, 3.8) is 0 Å². The Balaban J connectivity index is 2.73. The van der Waals surface area contributed by atoms with Crippen LogP contribution in [0.2, 0.25) is 0 Å². The molecule has 1 N–H and O–H groups in total. The van der Waals surface area contributed by atoms with E-state index in [1.165, 1.54) is 26.7 Å². The quantitative estimate of drug-likeness (QED) is 0.158. The summed E-state index contributed by atoms with van der Waals surface area (Å²) in [5.74, 6) is -3.22. The first-order chi connectivity index (χ1) is 18.4. The zero-order valence-electron chi connectivity index (χ0n) is 22.8. The maximum absolute atomic E-state index is 15.3. The summed E-state index contributed by atoms with van der Waals surface area (Å²) in [4.78, 5) is 47.4. The van der Waals surface area contributed by atoms with E-state index >= 15 is 4.39 Å². The minimum absolute atomic E-state index is 0.0303. The predicted octanol–water partition coefficient (Wildman–Crippen LogP) is 5.34. The molecule has 0 saturated carbocycles. The van der Waals surface area contributed by atoms with Gasteiger partial charge in [0.05, 0.1) is 11.5 Å². The van der Waals surface area contributed by atoms with E-state index in [-0.39, 0.29) is 12.2 Å². The third kappa shape index (κ3) is 8.89. The van der Waals surface area contributed by atoms with Crippen molar-refractivity contribution >= 4 is 17.9 Å². The van der Waals surface area contributed by atoms with E-state index in [9.17, 15) is 32.7 Å². The number of alkyl halides is 4. The number of carboxylic acids is 1. The van der Waals surface area contributed by atoms with Crippen LogP contribution in [0.25, 0.3) is 0 Å². The van der Waals surface area contributed by atoms with Crippen molar-refractivity contribution in [3.05, 3.63) is 71.7 Å². The molecule has 40 heavy (non-hydrogen) atoms. The highest BCUT2D eigenvalue weighted by Gasteiger charge is 2.58. The van der Waals surface area contributed by atoms with Crippen LogP contribution in [0, 0.1) is 5.92 Å². The van der Waals surface area contributed by atoms with E-state index < -0.39 is 59.4 Å². The number of pyridine rings is 1. The number of hydrogen-bond donors (Lipinski definition) is 1. The normalized spacial score (nSPS) is 14.4. The van der Waals surface area contributed by atoms with E-state index in [4.69, 9.17) is 9.57 Å². The molecule has 0 aliphatic rings. The first-order valence-electron chi connectivity index (χ1n) is 12.2. The maximum Gasteiger partial charge on any atom is 0.433 e. The summed E-state index contributed by atoms with van der Waals surface area (Å²) in [6, 6.07) is 10.1. The van der Waals surface area contributed by atoms with E-state index in [0.717, 1.165) is 26.1 Å². The molecule has 0 radical (unpaired) electrons. The number of benzene rings is 1. The number of halogens is 4. The molecule has 0 aliphatic carbocycles. The van der Waals surface area contributed by atoms with Gasteiger partial charge >= 0.3 is 18.1 Å². The summed E-state index contributed by atoms with van der Waals surface area (Å²) < 4.78 is 60.0. The largest absolute Gasteiger partial charge is 0.479 e. The third-order valence-electron chi connectivity index (χ3n) is 5.64. The second-order valence-electron chi connectivity index (χ2n) is 10.8. The molecule has 1 heterocycles. The fourth-order valence-electron chi connectivity index (χ4n) is 4.11. The molecule has 0 bridgehead atoms. The van der Waals surface area contributed by atoms with Crippen LogP contribution in [0.4, 0.5) is 17.6 Å². The molecule has 2 rings (SSSR count). The van der Waals surface area contributed by atoms with Crippen LogP contribution < -0.4 is 0 Å². The fourth-order valence-corrected chi connectivity index (χ4v) is 4.11. The Morgan fingerprint density at radius 1 is 1.02 bits per heavy atom. The van der Waals surface area contributed by atoms with Gasteiger partial charge in [-0.05, 0) is 58.2 Å². The molecule has 12 heteroatoms. The van der Waals surface area contributed by atoms with Crippen LogP contribution in [-0.2, 0) is 43.2 Å². The summed E-state index contributed by atoms with van der Waals surface area (Å²) in [7, 11) is 0. The van der Waals surface area contributed by atoms with Crippen molar-refractivity contribution in [3.8, 4) is 0 Å². The molecule has 0 saturated heterocycles. The number of rotatable bonds is 12. The minimum Gasteiger partial charge on any atom is -0.479 e. The monoisotopic (exact) mass is 568 g/mol. The van der Waals surface area contributed by atoms with Crippen LogP contribution in [0.15, 0.2) is 54.9 Å². The van der Waals surface area contributed by atoms with Gasteiger partial charge in [0.1, 0.15) is 30.1 Å². The van der Waals surface area contributed by atoms with Crippen molar-refractivity contribution in [1.29, 1.82) is 0 Å². The average molecular weight is 569 g/mol. The topological polar surface area (TPSA) is 106 Å². The molecule has 2 aromatic rings. The Morgan fingerprint density at radius 2 is 1.65 bits per heavy atom. The van der Waals surface area contributed by atoms with E-state index in [1.54, 1.807) is 30.3 Å². The Hall–Kier alpha value is -3.76. The van der Waals surface area contributed by atoms with Crippen LogP contribution >= 0.6 is 0 Å². The molecular weight excluding hydrogens is 536 g/mol. The predicted molar refractivity (Wildman–Crippen MR) is 136 cm³/mol. The van der Waals surface area contributed by atoms with E-state index in [0.29, 0.717) is 22.9 Å². The lowest BCUT2D eigenvalue weighted by Crippen LogP contribution is -2.63. The van der Waals surface area contributed by atoms with Gasteiger partial charge in [-0.1, -0.05) is 36.4 Å². The number of carbonyl (C=O) groups is 2. The zero-order chi connectivity index (χ0) is 30.4. The van der Waals surface area contributed by atoms with Gasteiger partial charge in [0.25, 0.3) is 0 Å². The first-order valence-corrected chi connectivity index (χ1v) is 12.2. The van der Waals surface area contributed by atoms with Gasteiger partial charge in [0, 0.05) is 12.6 Å². The van der Waals surface area contributed by atoms with Crippen molar-refractivity contribution < 1.29 is 46.6 Å². The Kier molecular flexibility index (Phi) is 10.2. The van der Waals surface area contributed by atoms with Crippen LogP contribution in [0.3, 0.4) is 0 Å². The number of aliphatic carboxylic acids is 1. The maximum atomic E-state index is 15.3. The third-order valence-corrected chi connectivity index (χ3v) is 5.64. The second-order valence-corrected chi connectivity index (χ2v) is 10.8. The zero-order valence-corrected chi connectivity index (χ0v) is 22.8. The number of aromatic nitrogens is 1. The molecule has 0 unspecified atom stereocenters. The highest BCUT2D eigenvalue weighted by molar-refractivity contribution is 5.88. The molecule has 1 aromatic heterocycles. The highest BCUT2D eigenvalue weighted by atomic mass is 19.4. The van der Waals surface area contributed by atoms with Crippen molar-refractivity contribution in [2.24, 2.45) is 5.92 Å². The van der Waals surface area contributed by atoms with Gasteiger partial charge in [-0.3, -0.25) is 14.6 Å². The van der Waals surface area contributed by atoms with Gasteiger partial charge < -0.3 is 9.84 Å². The number of hydrogen-bond acceptors (Lipinski definition) is 7. The smallest absolute Gasteiger partial charge is 0.433 e. The van der Waals surface area contributed by atoms with Crippen molar-refractivity contribution in [2.45, 2.75) is 77.1 Å². The summed E-state index contributed by atoms with van der Waals surface area (Å²) in [6.45, 7) is 6.49. The standard InChI is InChI=1S/C28H32F4N2O6/c1-25(2,3)40-34(13-14-35)27(24(37)38,18-26(4,5)29)21(23(36)39-17-19-9-7-6-8-10-19)15-20-11-12-22(33-16-20)28(30,31)32/h6-13,16,21H,15,17-18H2,1-5H3,(H,37,38)/t21-,27-/m0/s1. The van der Waals surface area contributed by atoms with Gasteiger partial charge in [0.2, 0.25) is 0 Å². The van der Waals surface area contributed by atoms with Crippen LogP contribution in [0.5, 0.6) is 0 Å². The van der Waals surface area contributed by atoms with E-state index in [2.05, 4.69) is 4.98 Å². The molecule has 0 amide bonds. The molecule has 8 nitrogen and oxygen atoms in total. The average Bonchev–Trinajstić information content (AvgIpc) is 2.83. The van der Waals surface area contributed by atoms with Crippen LogP contribution in [0.1, 0.15) is 57.9 Å². The Bertz CT molecular complexity index is 1200. The molecular formula is C28H32F4N2O6. The van der Waals surface area contributed by atoms with Gasteiger partial charge in [-0.15, -0.1) is 0 Å². The first kappa shape index (κ1) is 32.5. The second kappa shape index (κ2) is 12.6. The van der Waals surface area contributed by atoms with Crippen molar-refractivity contribution in [2.75, 3.05) is 0 Å². The summed E-state index contributed by atoms with van der Waals surface area (Å²) in [5, 5.41) is 11.2. The summed E-state index contributed by atoms with van der Waals surface area (Å²) in [5.41, 5.74) is -6.60. The molecule has 1 aromatic carbocycles. The molecule has 2 atom stereocenters. The van der Waals surface area contributed by atoms with Gasteiger partial charge in [-0.25, -0.2) is 19.0 Å². The summed E-state index contributed by atoms with van der Waals surface area (Å²) >= 11 is 0. The lowest BCUT2D eigenvalue weighted by atomic mass is 9.73. The Labute approximate surface area is 229 Å². The molecule has 218 valence electrons. The lowest BCUT2D eigenvalue weighted by Gasteiger charge is -2.46. The van der Waals surface area contributed by atoms with E-state index in [1.807, 2.05) is 0 Å². The lowest BCUT2D eigenvalue weighted by molar-refractivity contribution is -0.266. The number of esters is 1. The number of carbonyl (C=O) groups excluding carboxylic acids is 2. The minimum atomic E-state index is -4.73. The molecule has 0 spiro atoms. The molecule has 0 fully saturated rings. The highest BCUT2D eigenvalue weighted by Crippen LogP contribution is 2.40. The number of ether oxygens (including phenoxy) is 1. The van der Waals surface area contributed by atoms with Gasteiger partial charge in [-0.2, -0.15) is 13.2 Å². The molecule has 0 aliphatic heterocycles. The Morgan fingerprint density at radius 3 is 2.10 bits per heavy atom. The number of carboxylic acid groups (broad SMARTS) is 1. The fraction of sp³-hybridized carbons (Fsp3) is 0.464. The summed E-state index contributed by atoms with van der Waals surface area (Å²) in [6.07, 6.45) is -4.71. The number of hydroxylamine groups is 2.